The van der Waals surface area contributed by atoms with E-state index in [-0.39, 0.29) is 62.7 Å². The molecule has 0 bridgehead atoms. The molecule has 1 nitrogen and oxygen atoms in total. The van der Waals surface area contributed by atoms with Crippen molar-refractivity contribution in [3.05, 3.63) is 0 Å². The van der Waals surface area contributed by atoms with E-state index in [0.29, 0.717) is 6.61 Å². The van der Waals surface area contributed by atoms with Crippen LogP contribution in [-0.2, 0) is 4.74 Å². The number of hydrogen-bond donors (Lipinski definition) is 0. The van der Waals surface area contributed by atoms with E-state index in [9.17, 15) is 12.9 Å². The van der Waals surface area contributed by atoms with Gasteiger partial charge in [0.1, 0.15) is 0 Å². The van der Waals surface area contributed by atoms with E-state index in [1.807, 2.05) is 6.92 Å². The van der Waals surface area contributed by atoms with Crippen molar-refractivity contribution < 1.29 is 69.1 Å². The summed E-state index contributed by atoms with van der Waals surface area (Å²) in [6.45, 7) is -2.20. The number of halogens is 3. The van der Waals surface area contributed by atoms with Crippen LogP contribution in [-0.4, -0.2) is 30.6 Å². The molecule has 1 fully saturated rings. The fourth-order valence-electron chi connectivity index (χ4n) is 1.16. The summed E-state index contributed by atoms with van der Waals surface area (Å²) in [5.41, 5.74) is -0.696. The van der Waals surface area contributed by atoms with Crippen LogP contribution in [0.5, 0.6) is 0 Å². The van der Waals surface area contributed by atoms with Crippen LogP contribution in [0.4, 0.5) is 12.9 Å². The molecule has 0 saturated carbocycles. The maximum atomic E-state index is 11.8. The molecule has 0 N–H and O–H groups in total. The number of rotatable bonds is 3. The van der Waals surface area contributed by atoms with Crippen molar-refractivity contribution in [2.75, 3.05) is 12.3 Å². The predicted molar refractivity (Wildman–Crippen MR) is 45.4 cm³/mol. The maximum Gasteiger partial charge on any atom is 1.00 e. The minimum Gasteiger partial charge on any atom is -0.448 e. The van der Waals surface area contributed by atoms with E-state index in [1.54, 1.807) is 0 Å². The van der Waals surface area contributed by atoms with Crippen molar-refractivity contribution in [3.63, 3.8) is 0 Å². The Morgan fingerprint density at radius 3 is 2.46 bits per heavy atom. The Labute approximate surface area is 123 Å². The second kappa shape index (κ2) is 6.40. The van der Waals surface area contributed by atoms with Crippen molar-refractivity contribution in [3.8, 4) is 0 Å². The molecule has 7 heteroatoms. The molecular weight excluding hydrogens is 227 g/mol. The molecule has 0 aromatic rings. The van der Waals surface area contributed by atoms with Crippen LogP contribution in [0.1, 0.15) is 13.3 Å². The van der Waals surface area contributed by atoms with Crippen LogP contribution < -0.4 is 51.4 Å². The molecule has 2 atom stereocenters. The van der Waals surface area contributed by atoms with Gasteiger partial charge in [-0.25, -0.2) is 0 Å². The van der Waals surface area contributed by atoms with Crippen LogP contribution in [0.2, 0.25) is 0 Å². The monoisotopic (exact) mass is 238 g/mol. The minimum atomic E-state index is -4.63. The van der Waals surface area contributed by atoms with Gasteiger partial charge >= 0.3 is 58.4 Å². The van der Waals surface area contributed by atoms with Crippen molar-refractivity contribution in [2.45, 2.75) is 24.7 Å². The summed E-state index contributed by atoms with van der Waals surface area (Å²) in [7, 11) is 0. The SMILES string of the molecule is CC1OCCC1SC[B-](F)(F)F.[K+]. The van der Waals surface area contributed by atoms with Gasteiger partial charge in [0.15, 0.2) is 0 Å². The summed E-state index contributed by atoms with van der Waals surface area (Å²) in [4.78, 5) is 0. The summed E-state index contributed by atoms with van der Waals surface area (Å²) in [6.07, 6.45) is 0.728. The maximum absolute atomic E-state index is 11.8. The average Bonchev–Trinajstić information content (AvgIpc) is 2.29. The van der Waals surface area contributed by atoms with Gasteiger partial charge in [-0.1, -0.05) is 0 Å². The number of ether oxygens (including phenoxy) is 1. The molecule has 13 heavy (non-hydrogen) atoms. The van der Waals surface area contributed by atoms with Crippen LogP contribution in [0, 0.1) is 0 Å². The van der Waals surface area contributed by atoms with Gasteiger partial charge in [-0.05, 0) is 19.0 Å². The molecule has 0 aromatic heterocycles. The van der Waals surface area contributed by atoms with Gasteiger partial charge in [0.25, 0.3) is 0 Å². The van der Waals surface area contributed by atoms with Crippen molar-refractivity contribution in [2.24, 2.45) is 0 Å². The van der Waals surface area contributed by atoms with Crippen molar-refractivity contribution in [1.82, 2.24) is 0 Å². The Morgan fingerprint density at radius 1 is 1.46 bits per heavy atom. The molecule has 0 aliphatic carbocycles. The van der Waals surface area contributed by atoms with Gasteiger partial charge in [-0.15, -0.1) is 0 Å². The van der Waals surface area contributed by atoms with E-state index in [0.717, 1.165) is 18.2 Å². The molecular formula is C6H11BF3KOS. The zero-order valence-electron chi connectivity index (χ0n) is 7.80. The molecule has 2 unspecified atom stereocenters. The molecule has 72 valence electrons. The Bertz CT molecular complexity index is 157. The fraction of sp³-hybridized carbons (Fsp3) is 1.00. The Kier molecular flexibility index (Phi) is 7.28. The zero-order valence-corrected chi connectivity index (χ0v) is 11.7. The van der Waals surface area contributed by atoms with E-state index >= 15 is 0 Å². The van der Waals surface area contributed by atoms with Crippen LogP contribution in [0.15, 0.2) is 0 Å². The van der Waals surface area contributed by atoms with Crippen LogP contribution >= 0.6 is 11.8 Å². The third kappa shape index (κ3) is 6.07. The van der Waals surface area contributed by atoms with E-state index in [1.165, 1.54) is 0 Å². The first kappa shape index (κ1) is 14.8. The van der Waals surface area contributed by atoms with Crippen molar-refractivity contribution >= 4 is 18.7 Å². The molecule has 1 saturated heterocycles. The van der Waals surface area contributed by atoms with E-state index in [4.69, 9.17) is 4.74 Å². The Hall–Kier alpha value is 1.80. The van der Waals surface area contributed by atoms with Crippen molar-refractivity contribution in [1.29, 1.82) is 0 Å². The largest absolute Gasteiger partial charge is 1.00 e. The minimum absolute atomic E-state index is 0. The molecule has 0 aromatic carbocycles. The molecule has 1 rings (SSSR count). The molecule has 0 spiro atoms. The van der Waals surface area contributed by atoms with Gasteiger partial charge in [0, 0.05) is 11.9 Å². The summed E-state index contributed by atoms with van der Waals surface area (Å²) >= 11 is 0.977. The molecule has 0 radical (unpaired) electrons. The summed E-state index contributed by atoms with van der Waals surface area (Å²) < 4.78 is 40.7. The Balaban J connectivity index is 0.00000144. The standard InChI is InChI=1S/C6H11BF3OS.K/c1-5-6(2-3-11-5)12-4-7(8,9)10;/h5-6H,2-4H2,1H3;/q-1;+1. The summed E-state index contributed by atoms with van der Waals surface area (Å²) in [6, 6.07) is 0. The van der Waals surface area contributed by atoms with Gasteiger partial charge in [-0.3, -0.25) is 0 Å². The molecule has 1 heterocycles. The topological polar surface area (TPSA) is 9.23 Å². The third-order valence-electron chi connectivity index (χ3n) is 1.81. The number of hydrogen-bond acceptors (Lipinski definition) is 2. The normalized spacial score (nSPS) is 28.6. The predicted octanol–water partition coefficient (Wildman–Crippen LogP) is -0.712. The first-order chi connectivity index (χ1) is 5.49. The summed E-state index contributed by atoms with van der Waals surface area (Å²) in [5, 5.41) is 0.0356. The van der Waals surface area contributed by atoms with Crippen LogP contribution in [0.3, 0.4) is 0 Å². The molecule has 1 aliphatic rings. The second-order valence-electron chi connectivity index (χ2n) is 2.95. The smallest absolute Gasteiger partial charge is 0.448 e. The zero-order chi connectivity index (χ0) is 9.19. The van der Waals surface area contributed by atoms with Crippen LogP contribution in [0.25, 0.3) is 0 Å². The van der Waals surface area contributed by atoms with Gasteiger partial charge in [0.05, 0.1) is 6.10 Å². The summed E-state index contributed by atoms with van der Waals surface area (Å²) in [5.74, 6) is 0. The first-order valence-corrected chi connectivity index (χ1v) is 4.98. The van der Waals surface area contributed by atoms with E-state index in [2.05, 4.69) is 0 Å². The molecule has 0 amide bonds. The second-order valence-corrected chi connectivity index (χ2v) is 4.22. The first-order valence-electron chi connectivity index (χ1n) is 3.93. The third-order valence-corrected chi connectivity index (χ3v) is 3.42. The van der Waals surface area contributed by atoms with Gasteiger partial charge in [-0.2, -0.15) is 11.8 Å². The number of thioether (sulfide) groups is 1. The van der Waals surface area contributed by atoms with Gasteiger partial charge in [0.2, 0.25) is 0 Å². The average molecular weight is 238 g/mol. The fourth-order valence-corrected chi connectivity index (χ4v) is 2.24. The quantitative estimate of drug-likeness (QED) is 0.601. The molecule has 1 aliphatic heterocycles. The van der Waals surface area contributed by atoms with E-state index < -0.39 is 12.6 Å². The Morgan fingerprint density at radius 2 is 2.08 bits per heavy atom. The van der Waals surface area contributed by atoms with Gasteiger partial charge < -0.3 is 17.7 Å².